The van der Waals surface area contributed by atoms with Crippen LogP contribution in [0.2, 0.25) is 0 Å². The van der Waals surface area contributed by atoms with Gasteiger partial charge in [-0.1, -0.05) is 6.07 Å². The van der Waals surface area contributed by atoms with E-state index >= 15 is 0 Å². The summed E-state index contributed by atoms with van der Waals surface area (Å²) >= 11 is 0. The number of benzene rings is 2. The summed E-state index contributed by atoms with van der Waals surface area (Å²) in [5.74, 6) is 1.45. The Hall–Kier alpha value is -3.74. The zero-order valence-electron chi connectivity index (χ0n) is 30.0. The number of hydrogen-bond donors (Lipinski definition) is 0. The molecule has 0 heterocycles. The minimum absolute atomic E-state index is 0.0490. The summed E-state index contributed by atoms with van der Waals surface area (Å²) in [6, 6.07) is 12.5. The Morgan fingerprint density at radius 2 is 0.863 bits per heavy atom. The maximum atomic E-state index is 9.65. The fraction of sp³-hybridized carbons (Fsp3) is 0.611. The highest BCUT2D eigenvalue weighted by atomic mass is 16.6. The number of nitrogens with zero attached hydrogens (tertiary/aromatic N) is 2. The molecule has 0 bridgehead atoms. The van der Waals surface area contributed by atoms with Gasteiger partial charge < -0.3 is 61.6 Å². The van der Waals surface area contributed by atoms with E-state index in [4.69, 9.17) is 61.6 Å². The molecule has 0 unspecified atom stereocenters. The Bertz CT molecular complexity index is 1230. The molecule has 2 aromatic carbocycles. The van der Waals surface area contributed by atoms with Gasteiger partial charge in [-0.05, 0) is 29.8 Å². The zero-order valence-corrected chi connectivity index (χ0v) is 30.0. The minimum Gasteiger partial charge on any atom is -0.487 e. The van der Waals surface area contributed by atoms with E-state index in [2.05, 4.69) is 6.07 Å². The minimum atomic E-state index is 0.0490. The molecule has 51 heavy (non-hydrogen) atoms. The molecule has 0 radical (unpaired) electrons. The predicted molar refractivity (Wildman–Crippen MR) is 184 cm³/mol. The second-order valence-corrected chi connectivity index (χ2v) is 10.3. The van der Waals surface area contributed by atoms with Crippen molar-refractivity contribution in [3.63, 3.8) is 0 Å². The summed E-state index contributed by atoms with van der Waals surface area (Å²) in [4.78, 5) is 0. The smallest absolute Gasteiger partial charge is 0.203 e. The molecule has 15 nitrogen and oxygen atoms in total. The van der Waals surface area contributed by atoms with Crippen LogP contribution in [0, 0.1) is 22.7 Å². The summed E-state index contributed by atoms with van der Waals surface area (Å²) in [6.45, 7) is 7.05. The van der Waals surface area contributed by atoms with Crippen molar-refractivity contribution in [2.45, 2.75) is 6.61 Å². The van der Waals surface area contributed by atoms with E-state index < -0.39 is 0 Å². The number of hydrogen-bond acceptors (Lipinski definition) is 15. The van der Waals surface area contributed by atoms with Crippen molar-refractivity contribution in [1.29, 1.82) is 10.5 Å². The molecular formula is C36H52N2O13. The first-order valence-electron chi connectivity index (χ1n) is 16.7. The van der Waals surface area contributed by atoms with Crippen molar-refractivity contribution in [3.8, 4) is 35.1 Å². The normalized spacial score (nSPS) is 10.8. The summed E-state index contributed by atoms with van der Waals surface area (Å²) in [5.41, 5.74) is 1.05. The second-order valence-electron chi connectivity index (χ2n) is 10.3. The number of ether oxygens (including phenoxy) is 13. The number of nitriles is 2. The molecule has 2 rings (SSSR count). The van der Waals surface area contributed by atoms with Gasteiger partial charge in [0.25, 0.3) is 0 Å². The first-order valence-corrected chi connectivity index (χ1v) is 16.7. The average Bonchev–Trinajstić information content (AvgIpc) is 3.15. The summed E-state index contributed by atoms with van der Waals surface area (Å²) in [5, 5.41) is 19.1. The lowest BCUT2D eigenvalue weighted by atomic mass is 10.1. The lowest BCUT2D eigenvalue weighted by Gasteiger charge is -2.19. The maximum Gasteiger partial charge on any atom is 0.203 e. The van der Waals surface area contributed by atoms with Crippen LogP contribution in [0.5, 0.6) is 23.0 Å². The van der Waals surface area contributed by atoms with Gasteiger partial charge in [0.15, 0.2) is 11.5 Å². The Kier molecular flexibility index (Phi) is 25.5. The largest absolute Gasteiger partial charge is 0.487 e. The standard InChI is InChI=1S/C36H52N2O13/c1-39-7-10-42-13-16-45-19-22-48-34-25-30(29-51-33-6-4-5-31(27-37)32(33)28-38)26-35(49-23-20-46-17-14-43-11-8-40-2)36(34)50-24-21-47-18-15-44-12-9-41-3/h4-6,25-26H,7-24,29H2,1-3H3. The molecule has 0 spiro atoms. The Labute approximate surface area is 301 Å². The third-order valence-corrected chi connectivity index (χ3v) is 6.59. The van der Waals surface area contributed by atoms with Crippen molar-refractivity contribution in [2.24, 2.45) is 0 Å². The summed E-state index contributed by atoms with van der Waals surface area (Å²) in [6.07, 6.45) is 0. The van der Waals surface area contributed by atoms with Gasteiger partial charge in [-0.25, -0.2) is 0 Å². The molecule has 15 heteroatoms. The SMILES string of the molecule is COCCOCCOCCOc1cc(COc2cccc(C#N)c2C#N)cc(OCCOCCOCCOC)c1OCCOCCOCCOC. The average molecular weight is 721 g/mol. The molecule has 0 aliphatic rings. The van der Waals surface area contributed by atoms with E-state index in [9.17, 15) is 10.5 Å². The van der Waals surface area contributed by atoms with Gasteiger partial charge >= 0.3 is 0 Å². The highest BCUT2D eigenvalue weighted by Gasteiger charge is 2.18. The molecule has 0 saturated carbocycles. The van der Waals surface area contributed by atoms with E-state index in [1.54, 1.807) is 51.7 Å². The quantitative estimate of drug-likeness (QED) is 0.0986. The molecule has 0 aliphatic carbocycles. The van der Waals surface area contributed by atoms with Crippen molar-refractivity contribution < 1.29 is 61.6 Å². The van der Waals surface area contributed by atoms with Gasteiger partial charge in [0.05, 0.1) is 105 Å². The van der Waals surface area contributed by atoms with Crippen molar-refractivity contribution >= 4 is 0 Å². The Morgan fingerprint density at radius 3 is 1.27 bits per heavy atom. The van der Waals surface area contributed by atoms with E-state index in [1.807, 2.05) is 6.07 Å². The van der Waals surface area contributed by atoms with E-state index in [0.717, 1.165) is 0 Å². The fourth-order valence-electron chi connectivity index (χ4n) is 4.11. The molecule has 2 aromatic rings. The summed E-state index contributed by atoms with van der Waals surface area (Å²) < 4.78 is 72.7. The first-order chi connectivity index (χ1) is 25.2. The third kappa shape index (κ3) is 19.4. The predicted octanol–water partition coefficient (Wildman–Crippen LogP) is 3.18. The van der Waals surface area contributed by atoms with Crippen LogP contribution in [0.4, 0.5) is 0 Å². The van der Waals surface area contributed by atoms with Crippen LogP contribution >= 0.6 is 0 Å². The van der Waals surface area contributed by atoms with Crippen LogP contribution in [0.25, 0.3) is 0 Å². The fourth-order valence-corrected chi connectivity index (χ4v) is 4.11. The molecule has 0 aliphatic heterocycles. The lowest BCUT2D eigenvalue weighted by molar-refractivity contribution is 0.0146. The lowest BCUT2D eigenvalue weighted by Crippen LogP contribution is -2.16. The van der Waals surface area contributed by atoms with Crippen LogP contribution in [0.3, 0.4) is 0 Å². The molecule has 0 saturated heterocycles. The highest BCUT2D eigenvalue weighted by Crippen LogP contribution is 2.39. The van der Waals surface area contributed by atoms with Crippen LogP contribution < -0.4 is 18.9 Å². The van der Waals surface area contributed by atoms with E-state index in [0.29, 0.717) is 122 Å². The van der Waals surface area contributed by atoms with E-state index in [-0.39, 0.29) is 43.3 Å². The van der Waals surface area contributed by atoms with Gasteiger partial charge in [-0.2, -0.15) is 10.5 Å². The molecule has 0 amide bonds. The van der Waals surface area contributed by atoms with Gasteiger partial charge in [0, 0.05) is 21.3 Å². The molecule has 284 valence electrons. The first kappa shape index (κ1) is 43.4. The van der Waals surface area contributed by atoms with Crippen molar-refractivity contribution in [2.75, 3.05) is 140 Å². The van der Waals surface area contributed by atoms with Crippen LogP contribution in [0.1, 0.15) is 16.7 Å². The Balaban J connectivity index is 2.16. The van der Waals surface area contributed by atoms with Crippen LogP contribution in [-0.2, 0) is 49.2 Å². The third-order valence-electron chi connectivity index (χ3n) is 6.59. The topological polar surface area (TPSA) is 168 Å². The highest BCUT2D eigenvalue weighted by molar-refractivity contribution is 5.55. The number of rotatable bonds is 33. The molecule has 0 fully saturated rings. The number of methoxy groups -OCH3 is 3. The molecule has 0 aromatic heterocycles. The van der Waals surface area contributed by atoms with Gasteiger partial charge in [-0.15, -0.1) is 0 Å². The van der Waals surface area contributed by atoms with Gasteiger partial charge in [-0.3, -0.25) is 0 Å². The van der Waals surface area contributed by atoms with Gasteiger partial charge in [0.1, 0.15) is 49.9 Å². The molecule has 0 N–H and O–H groups in total. The van der Waals surface area contributed by atoms with Crippen molar-refractivity contribution in [1.82, 2.24) is 0 Å². The molecule has 0 atom stereocenters. The summed E-state index contributed by atoms with van der Waals surface area (Å²) in [7, 11) is 4.85. The van der Waals surface area contributed by atoms with Crippen LogP contribution in [0.15, 0.2) is 30.3 Å². The monoisotopic (exact) mass is 720 g/mol. The maximum absolute atomic E-state index is 9.65. The second kappa shape index (κ2) is 29.9. The van der Waals surface area contributed by atoms with Crippen molar-refractivity contribution in [3.05, 3.63) is 47.0 Å². The van der Waals surface area contributed by atoms with Gasteiger partial charge in [0.2, 0.25) is 5.75 Å². The zero-order chi connectivity index (χ0) is 36.6. The van der Waals surface area contributed by atoms with Crippen LogP contribution in [-0.4, -0.2) is 140 Å². The molecular weight excluding hydrogens is 668 g/mol. The van der Waals surface area contributed by atoms with E-state index in [1.165, 1.54) is 0 Å². The Morgan fingerprint density at radius 1 is 0.451 bits per heavy atom.